The first-order chi connectivity index (χ1) is 61.4. The molecule has 6 aromatic carbocycles. The zero-order valence-electron chi connectivity index (χ0n) is 74.1. The van der Waals surface area contributed by atoms with Crippen LogP contribution in [0.25, 0.3) is 10.9 Å². The summed E-state index contributed by atoms with van der Waals surface area (Å²) in [6.07, 6.45) is 0.0924. The molecule has 0 saturated carbocycles. The van der Waals surface area contributed by atoms with Gasteiger partial charge in [-0.25, -0.2) is 0 Å². The number of carboxylic acid groups (broad SMARTS) is 1. The van der Waals surface area contributed by atoms with Crippen molar-refractivity contribution < 1.29 is 92.0 Å². The number of nitrogens with one attached hydrogen (secondary N) is 10. The van der Waals surface area contributed by atoms with Crippen LogP contribution in [-0.4, -0.2) is 272 Å². The van der Waals surface area contributed by atoms with Crippen molar-refractivity contribution in [2.45, 2.75) is 172 Å². The number of phenolic OH excluding ortho intramolecular Hbond substituents is 2. The monoisotopic (exact) mass is 1790 g/mol. The summed E-state index contributed by atoms with van der Waals surface area (Å²) in [5.74, 6) is -17.4. The maximum atomic E-state index is 15.5. The maximum absolute atomic E-state index is 15.5. The maximum Gasteiger partial charge on any atom is 0.305 e. The Kier molecular flexibility index (Phi) is 38.2. The smallest absolute Gasteiger partial charge is 0.305 e. The molecule has 0 unspecified atom stereocenters. The number of aliphatic carboxylic acids is 1. The second-order valence-corrected chi connectivity index (χ2v) is 34.1. The van der Waals surface area contributed by atoms with Gasteiger partial charge in [-0.1, -0.05) is 181 Å². The Balaban J connectivity index is 1.21. The molecule has 0 bridgehead atoms. The summed E-state index contributed by atoms with van der Waals surface area (Å²) < 4.78 is 0. The number of aromatic amines is 1. The van der Waals surface area contributed by atoms with E-state index in [1.54, 1.807) is 149 Å². The molecule has 11 atom stereocenters. The second-order valence-electron chi connectivity index (χ2n) is 33.1. The standard InChI is InChI=1S/C93H118N16O19S/c1-11-12-32-74-91(126)106(7)52-79(114)98-70(48-81(116)117)87(122)104-82(56(4)5)93(128)108(9)75(45-58-26-18-14-19-27-58)88(123)102-71(44-61-35-39-64(111)40-36-61)89(124)105(6)51-78(113)97-69(47-62-49-95-66-31-23-22-30-65(62)66)86(121)101-68(42-60-33-37-63(110)38-34-60)85(120)100-67(41-55(2)3)84(119)103-73(83(118)96-50-77(94)112)53-129-54-80(115)99-72(43-57-24-16-13-17-25-57)90(125)109(10)76(92(127)107(74)8)46-59-28-20-15-21-29-59/h13-31,33-40,49,55-56,67-76,82,95,110-111H,11-12,32,41-48,50-54H2,1-10H3,(H2,94,112)(H,96,118)(H,97,113)(H,98,114)(H,99,115)(H,100,120)(H,101,121)(H,102,123)(H,103,119)(H,104,122)(H,116,117)/t67-,68-,69-,70-,71-,72-,73-,74-,75-,76-,82-/m0/s1. The van der Waals surface area contributed by atoms with Crippen molar-refractivity contribution in [2.75, 3.05) is 66.4 Å². The number of carbonyl (C=O) groups excluding carboxylic acids is 15. The first-order valence-corrected chi connectivity index (χ1v) is 43.8. The molecule has 1 aliphatic rings. The molecule has 0 aliphatic carbocycles. The minimum absolute atomic E-state index is 0.0299. The van der Waals surface area contributed by atoms with Crippen LogP contribution in [0.1, 0.15) is 100 Å². The number of phenols is 2. The number of unbranched alkanes of at least 4 members (excludes halogenated alkanes) is 1. The van der Waals surface area contributed by atoms with Gasteiger partial charge >= 0.3 is 5.97 Å². The van der Waals surface area contributed by atoms with Gasteiger partial charge in [-0.3, -0.25) is 76.7 Å². The largest absolute Gasteiger partial charge is 0.508 e. The van der Waals surface area contributed by atoms with Crippen molar-refractivity contribution in [1.29, 1.82) is 0 Å². The Labute approximate surface area is 753 Å². The van der Waals surface area contributed by atoms with E-state index in [-0.39, 0.29) is 74.5 Å². The lowest BCUT2D eigenvalue weighted by Crippen LogP contribution is -2.61. The van der Waals surface area contributed by atoms with E-state index in [1.807, 2.05) is 6.92 Å². The third-order valence-electron chi connectivity index (χ3n) is 22.1. The molecular weight excluding hydrogens is 1680 g/mol. The number of amides is 15. The second kappa shape index (κ2) is 48.9. The fourth-order valence-corrected chi connectivity index (χ4v) is 15.8. The Morgan fingerprint density at radius 2 is 0.899 bits per heavy atom. The highest BCUT2D eigenvalue weighted by Crippen LogP contribution is 2.25. The molecule has 15 N–H and O–H groups in total. The Morgan fingerprint density at radius 3 is 1.43 bits per heavy atom. The third kappa shape index (κ3) is 30.5. The lowest BCUT2D eigenvalue weighted by Gasteiger charge is -2.37. The van der Waals surface area contributed by atoms with Crippen LogP contribution in [0.2, 0.25) is 0 Å². The van der Waals surface area contributed by atoms with E-state index in [1.165, 1.54) is 93.6 Å². The fourth-order valence-electron chi connectivity index (χ4n) is 14.9. The van der Waals surface area contributed by atoms with Crippen LogP contribution in [0.3, 0.4) is 0 Å². The number of aromatic hydroxyl groups is 2. The van der Waals surface area contributed by atoms with Crippen LogP contribution in [0.15, 0.2) is 170 Å². The number of H-pyrrole nitrogens is 1. The molecule has 35 nitrogen and oxygen atoms in total. The van der Waals surface area contributed by atoms with Gasteiger partial charge in [-0.05, 0) is 88.4 Å². The van der Waals surface area contributed by atoms with E-state index in [0.717, 1.165) is 26.5 Å². The summed E-state index contributed by atoms with van der Waals surface area (Å²) in [7, 11) is 6.54. The van der Waals surface area contributed by atoms with Gasteiger partial charge in [0.25, 0.3) is 0 Å². The predicted molar refractivity (Wildman–Crippen MR) is 482 cm³/mol. The number of fused-ring (bicyclic) bond motifs is 1. The van der Waals surface area contributed by atoms with E-state index in [9.17, 15) is 58.5 Å². The summed E-state index contributed by atoms with van der Waals surface area (Å²) in [6, 6.07) is 27.2. The van der Waals surface area contributed by atoms with Crippen LogP contribution in [-0.2, 0) is 115 Å². The number of nitrogens with zero attached hydrogens (tertiary/aromatic N) is 5. The summed E-state index contributed by atoms with van der Waals surface area (Å²) in [6.45, 7) is 6.17. The molecule has 0 radical (unpaired) electrons. The fraction of sp³-hybridized carbons (Fsp3) is 0.419. The van der Waals surface area contributed by atoms with Crippen molar-refractivity contribution in [3.63, 3.8) is 0 Å². The molecule has 2 heterocycles. The molecule has 1 aromatic heterocycles. The normalized spacial score (nSPS) is 21.9. The number of likely N-dealkylation sites (N-methyl/N-ethyl adjacent to an activating group) is 5. The molecule has 129 heavy (non-hydrogen) atoms. The number of thioether (sulfide) groups is 1. The number of nitrogens with two attached hydrogens (primary N) is 1. The van der Waals surface area contributed by atoms with Crippen molar-refractivity contribution in [3.05, 3.63) is 203 Å². The number of hydrogen-bond donors (Lipinski definition) is 14. The molecule has 7 aromatic rings. The number of rotatable bonds is 23. The van der Waals surface area contributed by atoms with Crippen LogP contribution in [0, 0.1) is 11.8 Å². The Hall–Kier alpha value is -13.7. The van der Waals surface area contributed by atoms with Gasteiger partial charge in [0.1, 0.15) is 78.0 Å². The summed E-state index contributed by atoms with van der Waals surface area (Å²) in [5, 5.41) is 55.6. The van der Waals surface area contributed by atoms with Crippen molar-refractivity contribution in [3.8, 4) is 11.5 Å². The number of para-hydroxylation sites is 1. The molecule has 1 aliphatic heterocycles. The summed E-state index contributed by atoms with van der Waals surface area (Å²) >= 11 is 0.829. The lowest BCUT2D eigenvalue weighted by molar-refractivity contribution is -0.151. The van der Waals surface area contributed by atoms with Gasteiger partial charge in [0.2, 0.25) is 88.6 Å². The van der Waals surface area contributed by atoms with E-state index in [4.69, 9.17) is 5.73 Å². The number of benzene rings is 6. The number of carboxylic acids is 1. The highest BCUT2D eigenvalue weighted by molar-refractivity contribution is 8.00. The van der Waals surface area contributed by atoms with Crippen LogP contribution >= 0.6 is 11.8 Å². The first kappa shape index (κ1) is 101. The van der Waals surface area contributed by atoms with E-state index in [0.29, 0.717) is 57.1 Å². The highest BCUT2D eigenvalue weighted by Gasteiger charge is 2.42. The Morgan fingerprint density at radius 1 is 0.457 bits per heavy atom. The van der Waals surface area contributed by atoms with E-state index in [2.05, 4.69) is 52.8 Å². The highest BCUT2D eigenvalue weighted by atomic mass is 32.2. The van der Waals surface area contributed by atoms with E-state index < -0.39 is 199 Å². The van der Waals surface area contributed by atoms with Crippen LogP contribution < -0.4 is 53.6 Å². The molecule has 15 amide bonds. The van der Waals surface area contributed by atoms with Crippen molar-refractivity contribution in [2.24, 2.45) is 17.6 Å². The SMILES string of the molecule is CCCC[C@H]1C(=O)N(C)CC(=O)N[C@@H](CC(=O)O)C(=O)N[C@@H](C(C)C)C(=O)N(C)[C@@H](Cc2ccccc2)C(=O)N[C@@H](Cc2ccc(O)cc2)C(=O)N(C)CC(=O)N[C@@H](Cc2c[nH]c3ccccc23)C(=O)N[C@@H](Cc2ccc(O)cc2)C(=O)N[C@@H](CC(C)C)C(=O)N[C@H](C(=O)NCC(N)=O)CSCC(=O)N[C@@H](Cc2ccccc2)C(=O)N(C)[C@@H](Cc2ccccc2)C(=O)N1C. The lowest BCUT2D eigenvalue weighted by atomic mass is 9.98. The van der Waals surface area contributed by atoms with Gasteiger partial charge in [0.05, 0.1) is 31.8 Å². The molecule has 0 spiro atoms. The number of aromatic nitrogens is 1. The van der Waals surface area contributed by atoms with Crippen molar-refractivity contribution in [1.82, 2.24) is 77.3 Å². The van der Waals surface area contributed by atoms with Gasteiger partial charge in [-0.2, -0.15) is 0 Å². The zero-order valence-corrected chi connectivity index (χ0v) is 74.9. The van der Waals surface area contributed by atoms with Gasteiger partial charge < -0.3 is 98.4 Å². The number of primary amides is 1. The molecule has 1 fully saturated rings. The van der Waals surface area contributed by atoms with Crippen molar-refractivity contribution >= 4 is 117 Å². The van der Waals surface area contributed by atoms with Gasteiger partial charge in [0, 0.05) is 96.6 Å². The average molecular weight is 1800 g/mol. The third-order valence-corrected chi connectivity index (χ3v) is 23.1. The quantitative estimate of drug-likeness (QED) is 0.0437. The summed E-state index contributed by atoms with van der Waals surface area (Å²) in [5.41, 5.74) is 9.11. The van der Waals surface area contributed by atoms with Gasteiger partial charge in [-0.15, -0.1) is 11.8 Å². The summed E-state index contributed by atoms with van der Waals surface area (Å²) in [4.78, 5) is 243. The zero-order chi connectivity index (χ0) is 94.3. The first-order valence-electron chi connectivity index (χ1n) is 42.7. The molecular formula is C93H118N16O19S. The Bertz CT molecular complexity index is 5070. The number of hydrogen-bond acceptors (Lipinski definition) is 19. The van der Waals surface area contributed by atoms with Gasteiger partial charge in [0.15, 0.2) is 0 Å². The number of carbonyl (C=O) groups is 16. The van der Waals surface area contributed by atoms with E-state index >= 15 is 33.6 Å². The topological polar surface area (TPSA) is 500 Å². The minimum Gasteiger partial charge on any atom is -0.508 e. The van der Waals surface area contributed by atoms with Crippen LogP contribution in [0.5, 0.6) is 11.5 Å². The van der Waals surface area contributed by atoms with Crippen LogP contribution in [0.4, 0.5) is 0 Å². The molecule has 36 heteroatoms. The average Bonchev–Trinajstić information content (AvgIpc) is 1.50. The predicted octanol–water partition coefficient (Wildman–Crippen LogP) is 2.33. The molecule has 1 saturated heterocycles. The molecule has 8 rings (SSSR count). The minimum atomic E-state index is -1.91. The molecule has 690 valence electrons.